The molecule has 0 aliphatic carbocycles. The van der Waals surface area contributed by atoms with E-state index in [1.807, 2.05) is 21.1 Å². The van der Waals surface area contributed by atoms with E-state index in [1.165, 1.54) is 57.8 Å². The molecule has 0 aromatic heterocycles. The lowest BCUT2D eigenvalue weighted by Gasteiger charge is -2.26. The first-order valence-corrected chi connectivity index (χ1v) is 21.3. The molecular weight excluding hydrogens is 682 g/mol. The molecule has 2 atom stereocenters. The molecule has 2 unspecified atom stereocenters. The molecule has 0 heterocycles. The van der Waals surface area contributed by atoms with Crippen LogP contribution in [0.1, 0.15) is 162 Å². The summed E-state index contributed by atoms with van der Waals surface area (Å²) in [4.78, 5) is 36.8. The van der Waals surface area contributed by atoms with Crippen LogP contribution in [0.2, 0.25) is 0 Å². The fraction of sp³-hybridized carbons (Fsp3) is 0.756. The fourth-order valence-electron chi connectivity index (χ4n) is 5.52. The van der Waals surface area contributed by atoms with Gasteiger partial charge in [0, 0.05) is 12.8 Å². The number of nitrogens with zero attached hydrogens (tertiary/aromatic N) is 1. The fourth-order valence-corrected chi connectivity index (χ4v) is 5.52. The zero-order valence-corrected chi connectivity index (χ0v) is 35.1. The lowest BCUT2D eigenvalue weighted by atomic mass is 10.1. The standard InChI is InChI=1S/C45H79NO8/c1-6-8-10-12-14-16-17-18-19-20-21-22-23-24-25-26-27-28-30-32-34-36-43(48)54-41(40-53-45(44(49)50)51-38-37-46(3,4)5)39-52-42(47)35-33-31-29-15-13-11-9-7-2/h8,10,14,16,18-19,21-22,41,45H,6-7,9,11-13,15,17,20,23-40H2,1-5H3/b10-8-,16-14-,19-18-,22-21-. The van der Waals surface area contributed by atoms with E-state index < -0.39 is 24.3 Å². The minimum Gasteiger partial charge on any atom is -0.545 e. The average Bonchev–Trinajstić information content (AvgIpc) is 3.12. The minimum atomic E-state index is -1.62. The number of hydrogen-bond acceptors (Lipinski definition) is 8. The second kappa shape index (κ2) is 37.2. The van der Waals surface area contributed by atoms with Crippen LogP contribution in [0.4, 0.5) is 0 Å². The third kappa shape index (κ3) is 37.6. The van der Waals surface area contributed by atoms with Crippen molar-refractivity contribution in [3.05, 3.63) is 48.6 Å². The highest BCUT2D eigenvalue weighted by Crippen LogP contribution is 2.13. The summed E-state index contributed by atoms with van der Waals surface area (Å²) >= 11 is 0. The molecule has 0 radical (unpaired) electrons. The van der Waals surface area contributed by atoms with E-state index in [0.717, 1.165) is 70.6 Å². The molecule has 0 spiro atoms. The first kappa shape index (κ1) is 51.2. The van der Waals surface area contributed by atoms with Gasteiger partial charge in [0.15, 0.2) is 12.4 Å². The zero-order valence-electron chi connectivity index (χ0n) is 35.1. The van der Waals surface area contributed by atoms with E-state index in [4.69, 9.17) is 18.9 Å². The maximum atomic E-state index is 12.7. The molecule has 312 valence electrons. The van der Waals surface area contributed by atoms with Crippen molar-refractivity contribution in [2.45, 2.75) is 174 Å². The molecule has 0 amide bonds. The highest BCUT2D eigenvalue weighted by atomic mass is 16.7. The van der Waals surface area contributed by atoms with Gasteiger partial charge in [-0.3, -0.25) is 9.59 Å². The Balaban J connectivity index is 4.38. The number of allylic oxidation sites excluding steroid dienone is 8. The summed E-state index contributed by atoms with van der Waals surface area (Å²) in [6, 6.07) is 0. The van der Waals surface area contributed by atoms with Gasteiger partial charge in [0.2, 0.25) is 0 Å². The topological polar surface area (TPSA) is 111 Å². The summed E-state index contributed by atoms with van der Waals surface area (Å²) in [6.07, 6.45) is 38.7. The monoisotopic (exact) mass is 762 g/mol. The predicted octanol–water partition coefficient (Wildman–Crippen LogP) is 9.49. The minimum absolute atomic E-state index is 0.145. The summed E-state index contributed by atoms with van der Waals surface area (Å²) in [6.45, 7) is 4.57. The van der Waals surface area contributed by atoms with Gasteiger partial charge in [0.25, 0.3) is 0 Å². The van der Waals surface area contributed by atoms with Gasteiger partial charge in [0.05, 0.1) is 40.3 Å². The number of quaternary nitrogens is 1. The summed E-state index contributed by atoms with van der Waals surface area (Å²) in [5, 5.41) is 11.6. The Morgan fingerprint density at radius 2 is 1.06 bits per heavy atom. The van der Waals surface area contributed by atoms with E-state index >= 15 is 0 Å². The van der Waals surface area contributed by atoms with Gasteiger partial charge >= 0.3 is 11.9 Å². The predicted molar refractivity (Wildman–Crippen MR) is 219 cm³/mol. The van der Waals surface area contributed by atoms with Gasteiger partial charge in [0.1, 0.15) is 13.2 Å². The molecule has 54 heavy (non-hydrogen) atoms. The summed E-state index contributed by atoms with van der Waals surface area (Å²) in [5.74, 6) is -2.30. The van der Waals surface area contributed by atoms with Gasteiger partial charge in [-0.1, -0.05) is 146 Å². The third-order valence-electron chi connectivity index (χ3n) is 8.84. The number of likely N-dealkylation sites (N-methyl/N-ethyl adjacent to an activating group) is 1. The number of aliphatic carboxylic acids is 1. The highest BCUT2D eigenvalue weighted by molar-refractivity contribution is 5.70. The summed E-state index contributed by atoms with van der Waals surface area (Å²) in [7, 11) is 5.89. The molecule has 0 saturated heterocycles. The van der Waals surface area contributed by atoms with Crippen LogP contribution in [0, 0.1) is 0 Å². The molecule has 9 nitrogen and oxygen atoms in total. The maximum absolute atomic E-state index is 12.7. The van der Waals surface area contributed by atoms with Crippen molar-refractivity contribution in [1.82, 2.24) is 0 Å². The van der Waals surface area contributed by atoms with E-state index in [0.29, 0.717) is 17.4 Å². The molecule has 0 fully saturated rings. The van der Waals surface area contributed by atoms with Crippen molar-refractivity contribution >= 4 is 17.9 Å². The van der Waals surface area contributed by atoms with Crippen LogP contribution in [0.25, 0.3) is 0 Å². The number of carbonyl (C=O) groups excluding carboxylic acids is 3. The van der Waals surface area contributed by atoms with Gasteiger partial charge < -0.3 is 33.3 Å². The third-order valence-corrected chi connectivity index (χ3v) is 8.84. The highest BCUT2D eigenvalue weighted by Gasteiger charge is 2.21. The van der Waals surface area contributed by atoms with E-state index in [9.17, 15) is 19.5 Å². The maximum Gasteiger partial charge on any atom is 0.306 e. The van der Waals surface area contributed by atoms with Crippen molar-refractivity contribution < 1.29 is 42.9 Å². The lowest BCUT2D eigenvalue weighted by molar-refractivity contribution is -0.870. The molecule has 0 aliphatic rings. The van der Waals surface area contributed by atoms with Gasteiger partial charge in [-0.2, -0.15) is 0 Å². The van der Waals surface area contributed by atoms with Crippen LogP contribution < -0.4 is 5.11 Å². The zero-order chi connectivity index (χ0) is 40.0. The molecule has 0 N–H and O–H groups in total. The summed E-state index contributed by atoms with van der Waals surface area (Å²) < 4.78 is 22.4. The Kier molecular flexibility index (Phi) is 35.3. The number of rotatable bonds is 38. The molecule has 0 aromatic rings. The molecule has 0 aliphatic heterocycles. The number of ether oxygens (including phenoxy) is 4. The van der Waals surface area contributed by atoms with Gasteiger partial charge in [-0.05, 0) is 51.4 Å². The van der Waals surface area contributed by atoms with Crippen LogP contribution in [-0.2, 0) is 33.3 Å². The molecular formula is C45H79NO8. The molecule has 0 bridgehead atoms. The van der Waals surface area contributed by atoms with Crippen molar-refractivity contribution in [3.63, 3.8) is 0 Å². The van der Waals surface area contributed by atoms with Crippen molar-refractivity contribution in [1.29, 1.82) is 0 Å². The van der Waals surface area contributed by atoms with Crippen LogP contribution >= 0.6 is 0 Å². The molecule has 0 saturated carbocycles. The van der Waals surface area contributed by atoms with Crippen molar-refractivity contribution in [2.24, 2.45) is 0 Å². The second-order valence-corrected chi connectivity index (χ2v) is 15.3. The smallest absolute Gasteiger partial charge is 0.306 e. The average molecular weight is 762 g/mol. The number of carboxylic acids is 1. The van der Waals surface area contributed by atoms with Gasteiger partial charge in [-0.25, -0.2) is 0 Å². The van der Waals surface area contributed by atoms with E-state index in [-0.39, 0.29) is 38.6 Å². The van der Waals surface area contributed by atoms with Crippen molar-refractivity contribution in [2.75, 3.05) is 47.5 Å². The van der Waals surface area contributed by atoms with Crippen LogP contribution in [0.3, 0.4) is 0 Å². The van der Waals surface area contributed by atoms with Crippen LogP contribution in [0.5, 0.6) is 0 Å². The Morgan fingerprint density at radius 1 is 0.574 bits per heavy atom. The SMILES string of the molecule is CC/C=C\C/C=C\C/C=C\C/C=C\CCCCCCCCCCC(=O)OC(COC(=O)CCCCCCCCCC)COC(OCC[N+](C)(C)C)C(=O)[O-]. The largest absolute Gasteiger partial charge is 0.545 e. The molecule has 9 heteroatoms. The summed E-state index contributed by atoms with van der Waals surface area (Å²) in [5.41, 5.74) is 0. The quantitative estimate of drug-likeness (QED) is 0.0201. The molecule has 0 aromatic carbocycles. The molecule has 0 rings (SSSR count). The first-order valence-electron chi connectivity index (χ1n) is 21.3. The van der Waals surface area contributed by atoms with Crippen LogP contribution in [-0.4, -0.2) is 82.3 Å². The van der Waals surface area contributed by atoms with E-state index in [2.05, 4.69) is 62.5 Å². The first-order chi connectivity index (χ1) is 26.1. The van der Waals surface area contributed by atoms with Crippen molar-refractivity contribution in [3.8, 4) is 0 Å². The van der Waals surface area contributed by atoms with Gasteiger partial charge in [-0.15, -0.1) is 0 Å². The normalized spacial score (nSPS) is 13.4. The number of esters is 2. The Labute approximate surface area is 330 Å². The Hall–Kier alpha value is -2.75. The Bertz CT molecular complexity index is 1030. The Morgan fingerprint density at radius 3 is 1.57 bits per heavy atom. The van der Waals surface area contributed by atoms with E-state index in [1.54, 1.807) is 0 Å². The number of hydrogen-bond donors (Lipinski definition) is 0. The number of carboxylic acid groups (broad SMARTS) is 1. The second-order valence-electron chi connectivity index (χ2n) is 15.3. The number of unbranched alkanes of at least 4 members (excludes halogenated alkanes) is 15. The number of carbonyl (C=O) groups is 3. The van der Waals surface area contributed by atoms with Crippen LogP contribution in [0.15, 0.2) is 48.6 Å². The lowest BCUT2D eigenvalue weighted by Crippen LogP contribution is -2.44.